The van der Waals surface area contributed by atoms with Crippen molar-refractivity contribution in [3.05, 3.63) is 23.8 Å². The summed E-state index contributed by atoms with van der Waals surface area (Å²) in [5.74, 6) is 1.01. The molecule has 0 amide bonds. The van der Waals surface area contributed by atoms with Gasteiger partial charge in [0.2, 0.25) is 0 Å². The number of thioether (sulfide) groups is 1. The van der Waals surface area contributed by atoms with Gasteiger partial charge in [-0.05, 0) is 42.9 Å². The zero-order valence-corrected chi connectivity index (χ0v) is 20.0. The third kappa shape index (κ3) is 1.94. The molecule has 6 nitrogen and oxygen atoms in total. The van der Waals surface area contributed by atoms with Gasteiger partial charge in [-0.25, -0.2) is 4.79 Å². The third-order valence-electron chi connectivity index (χ3n) is 9.95. The largest absolute Gasteiger partial charge is 0.454 e. The summed E-state index contributed by atoms with van der Waals surface area (Å²) < 4.78 is 32.4. The van der Waals surface area contributed by atoms with Gasteiger partial charge in [0.05, 0.1) is 12.0 Å². The second kappa shape index (κ2) is 6.03. The predicted octanol–water partition coefficient (Wildman–Crippen LogP) is 3.39. The number of esters is 1. The minimum atomic E-state index is -0.453. The Morgan fingerprint density at radius 2 is 2.09 bits per heavy atom. The molecule has 5 fully saturated rings. The molecule has 7 rings (SSSR count). The minimum Gasteiger partial charge on any atom is -0.454 e. The van der Waals surface area contributed by atoms with Crippen LogP contribution in [0.2, 0.25) is 0 Å². The maximum absolute atomic E-state index is 12.7. The van der Waals surface area contributed by atoms with E-state index in [9.17, 15) is 4.79 Å². The first-order chi connectivity index (χ1) is 15.3. The molecule has 3 aliphatic carbocycles. The van der Waals surface area contributed by atoms with E-state index in [2.05, 4.69) is 33.6 Å². The molecular weight excluding hydrogens is 428 g/mol. The Morgan fingerprint density at radius 1 is 1.28 bits per heavy atom. The van der Waals surface area contributed by atoms with Crippen LogP contribution in [0.1, 0.15) is 46.5 Å². The molecule has 0 aromatic carbocycles. The molecule has 174 valence electrons. The Labute approximate surface area is 193 Å². The van der Waals surface area contributed by atoms with Crippen LogP contribution in [0.3, 0.4) is 0 Å². The maximum Gasteiger partial charge on any atom is 0.334 e. The molecule has 0 bridgehead atoms. The first-order valence-electron chi connectivity index (χ1n) is 12.0. The Balaban J connectivity index is 1.34. The van der Waals surface area contributed by atoms with Crippen LogP contribution in [0.25, 0.3) is 0 Å². The third-order valence-corrected chi connectivity index (χ3v) is 10.3. The fourth-order valence-corrected chi connectivity index (χ4v) is 8.83. The average Bonchev–Trinajstić information content (AvgIpc) is 3.64. The van der Waals surface area contributed by atoms with Crippen molar-refractivity contribution < 1.29 is 28.5 Å². The Hall–Kier alpha value is -0.860. The summed E-state index contributed by atoms with van der Waals surface area (Å²) in [6, 6.07) is 0. The molecule has 32 heavy (non-hydrogen) atoms. The number of cyclic esters (lactones) is 1. The van der Waals surface area contributed by atoms with E-state index < -0.39 is 11.2 Å². The molecule has 4 heterocycles. The number of hydrogen-bond donors (Lipinski definition) is 0. The summed E-state index contributed by atoms with van der Waals surface area (Å²) in [7, 11) is 0. The molecule has 4 aliphatic heterocycles. The molecule has 0 radical (unpaired) electrons. The van der Waals surface area contributed by atoms with Gasteiger partial charge in [0.25, 0.3) is 0 Å². The maximum atomic E-state index is 12.7. The Kier molecular flexibility index (Phi) is 3.87. The van der Waals surface area contributed by atoms with Gasteiger partial charge in [0.1, 0.15) is 35.6 Å². The topological polar surface area (TPSA) is 73.1 Å². The molecule has 7 heteroatoms. The van der Waals surface area contributed by atoms with Gasteiger partial charge in [0.15, 0.2) is 5.60 Å². The normalized spacial score (nSPS) is 55.7. The lowest BCUT2D eigenvalue weighted by molar-refractivity contribution is -0.139. The number of epoxide rings is 3. The van der Waals surface area contributed by atoms with Gasteiger partial charge >= 0.3 is 5.97 Å². The summed E-state index contributed by atoms with van der Waals surface area (Å²) in [6.45, 7) is 10.7. The van der Waals surface area contributed by atoms with Crippen molar-refractivity contribution in [1.29, 1.82) is 0 Å². The SMILES string of the molecule is C=CCC1OC(=O)C2=C1[C@@H]1C[C@@H]3O[C@@]34[C@H](OCSC)[C@@]3(C(C)C)O[C@H]3[C@@H]3O[C@@]34[C@@]1(C)CC2. The zero-order valence-electron chi connectivity index (χ0n) is 19.2. The molecule has 1 unspecified atom stereocenters. The summed E-state index contributed by atoms with van der Waals surface area (Å²) in [6.07, 6.45) is 6.94. The lowest BCUT2D eigenvalue weighted by Gasteiger charge is -2.54. The standard InChI is InChI=1S/C25H32O6S/c1-6-7-15-17-13(20(26)28-15)8-9-22(4)14(17)10-16-24(29-16)21(27-11-32-5)23(12(2)3)18(30-23)19-25(22,24)31-19/h6,12,14-16,18-19,21H,1,7-11H2,2-5H3/t14-,15?,16-,18-,19-,21+,22-,23-,24+,25+/m0/s1. The molecule has 0 aromatic heterocycles. The molecule has 3 saturated heterocycles. The lowest BCUT2D eigenvalue weighted by atomic mass is 9.46. The zero-order chi connectivity index (χ0) is 22.3. The Morgan fingerprint density at radius 3 is 2.81 bits per heavy atom. The van der Waals surface area contributed by atoms with Crippen LogP contribution in [0.4, 0.5) is 0 Å². The van der Waals surface area contributed by atoms with Crippen LogP contribution in [0.15, 0.2) is 23.8 Å². The molecule has 2 saturated carbocycles. The van der Waals surface area contributed by atoms with Gasteiger partial charge in [0, 0.05) is 17.4 Å². The summed E-state index contributed by atoms with van der Waals surface area (Å²) in [5.41, 5.74) is 0.744. The van der Waals surface area contributed by atoms with Gasteiger partial charge in [-0.15, -0.1) is 18.3 Å². The second-order valence-electron chi connectivity index (χ2n) is 11.2. The van der Waals surface area contributed by atoms with Crippen molar-refractivity contribution in [2.45, 2.75) is 93.8 Å². The quantitative estimate of drug-likeness (QED) is 0.260. The molecule has 2 spiro atoms. The van der Waals surface area contributed by atoms with Crippen LogP contribution >= 0.6 is 11.8 Å². The summed E-state index contributed by atoms with van der Waals surface area (Å²) in [4.78, 5) is 12.7. The van der Waals surface area contributed by atoms with Crippen LogP contribution in [0.5, 0.6) is 0 Å². The van der Waals surface area contributed by atoms with E-state index in [4.69, 9.17) is 23.7 Å². The van der Waals surface area contributed by atoms with Crippen molar-refractivity contribution in [2.24, 2.45) is 17.3 Å². The van der Waals surface area contributed by atoms with Crippen molar-refractivity contribution in [3.8, 4) is 0 Å². The van der Waals surface area contributed by atoms with Gasteiger partial charge < -0.3 is 23.7 Å². The highest BCUT2D eigenvalue weighted by Gasteiger charge is 3.00. The number of fused-ring (bicyclic) bond motifs is 4. The summed E-state index contributed by atoms with van der Waals surface area (Å²) in [5, 5.41) is 0. The number of rotatable bonds is 6. The molecular formula is C25H32O6S. The highest BCUT2D eigenvalue weighted by Crippen LogP contribution is 2.83. The van der Waals surface area contributed by atoms with Crippen LogP contribution in [-0.2, 0) is 28.5 Å². The van der Waals surface area contributed by atoms with Crippen LogP contribution in [0, 0.1) is 17.3 Å². The van der Waals surface area contributed by atoms with E-state index in [0.717, 1.165) is 24.8 Å². The number of carbonyl (C=O) groups is 1. The smallest absolute Gasteiger partial charge is 0.334 e. The highest BCUT2D eigenvalue weighted by molar-refractivity contribution is 7.98. The van der Waals surface area contributed by atoms with E-state index in [1.54, 1.807) is 11.8 Å². The van der Waals surface area contributed by atoms with Crippen molar-refractivity contribution in [1.82, 2.24) is 0 Å². The van der Waals surface area contributed by atoms with Gasteiger partial charge in [-0.2, -0.15) is 0 Å². The number of ether oxygens (including phenoxy) is 5. The van der Waals surface area contributed by atoms with Gasteiger partial charge in [-0.3, -0.25) is 0 Å². The first-order valence-corrected chi connectivity index (χ1v) is 13.4. The summed E-state index contributed by atoms with van der Waals surface area (Å²) >= 11 is 1.69. The van der Waals surface area contributed by atoms with Crippen LogP contribution in [-0.4, -0.2) is 65.5 Å². The lowest BCUT2D eigenvalue weighted by Crippen LogP contribution is -2.69. The van der Waals surface area contributed by atoms with Crippen molar-refractivity contribution >= 4 is 17.7 Å². The first kappa shape index (κ1) is 20.5. The second-order valence-corrected chi connectivity index (χ2v) is 12.0. The number of hydrogen-bond acceptors (Lipinski definition) is 7. The fourth-order valence-electron chi connectivity index (χ4n) is 8.56. The highest BCUT2D eigenvalue weighted by atomic mass is 32.2. The average molecular weight is 461 g/mol. The van der Waals surface area contributed by atoms with Crippen molar-refractivity contribution in [2.75, 3.05) is 12.2 Å². The van der Waals surface area contributed by atoms with Crippen molar-refractivity contribution in [3.63, 3.8) is 0 Å². The van der Waals surface area contributed by atoms with E-state index in [1.165, 1.54) is 5.57 Å². The van der Waals surface area contributed by atoms with Crippen LogP contribution < -0.4 is 0 Å². The van der Waals surface area contributed by atoms with Gasteiger partial charge in [-0.1, -0.05) is 26.8 Å². The number of carbonyl (C=O) groups excluding carboxylic acids is 1. The van der Waals surface area contributed by atoms with E-state index in [0.29, 0.717) is 18.3 Å². The molecule has 0 aromatic rings. The van der Waals surface area contributed by atoms with E-state index in [-0.39, 0.29) is 53.4 Å². The van der Waals surface area contributed by atoms with E-state index in [1.807, 2.05) is 6.08 Å². The Bertz CT molecular complexity index is 962. The molecule has 7 aliphatic rings. The minimum absolute atomic E-state index is 0.0369. The molecule has 0 N–H and O–H groups in total. The monoisotopic (exact) mass is 460 g/mol. The molecule has 10 atom stereocenters. The predicted molar refractivity (Wildman–Crippen MR) is 118 cm³/mol. The fraction of sp³-hybridized carbons (Fsp3) is 0.800. The van der Waals surface area contributed by atoms with E-state index >= 15 is 0 Å².